The molecule has 5 rings (SSSR count). The largest absolute Gasteiger partial charge is 0.491 e. The van der Waals surface area contributed by atoms with Crippen LogP contribution in [0.3, 0.4) is 0 Å². The highest BCUT2D eigenvalue weighted by atomic mass is 16.5. The van der Waals surface area contributed by atoms with Gasteiger partial charge in [-0.2, -0.15) is 0 Å². The number of nitrogens with zero attached hydrogens (tertiary/aromatic N) is 3. The van der Waals surface area contributed by atoms with Crippen molar-refractivity contribution in [3.63, 3.8) is 0 Å². The highest BCUT2D eigenvalue weighted by Crippen LogP contribution is 2.38. The van der Waals surface area contributed by atoms with Crippen molar-refractivity contribution in [2.75, 3.05) is 45.8 Å². The lowest BCUT2D eigenvalue weighted by Gasteiger charge is -2.46. The highest BCUT2D eigenvalue weighted by Gasteiger charge is 2.39. The molecule has 2 saturated heterocycles. The molecule has 40 heavy (non-hydrogen) atoms. The van der Waals surface area contributed by atoms with Gasteiger partial charge >= 0.3 is 0 Å². The van der Waals surface area contributed by atoms with Crippen molar-refractivity contribution in [1.82, 2.24) is 14.7 Å². The van der Waals surface area contributed by atoms with E-state index in [1.165, 1.54) is 69.4 Å². The molecule has 3 aliphatic rings. The number of hydrogen-bond donors (Lipinski definition) is 0. The van der Waals surface area contributed by atoms with E-state index in [0.717, 1.165) is 56.3 Å². The maximum absolute atomic E-state index is 13.6. The molecule has 1 unspecified atom stereocenters. The van der Waals surface area contributed by atoms with Gasteiger partial charge in [-0.3, -0.25) is 9.69 Å². The Morgan fingerprint density at radius 2 is 1.70 bits per heavy atom. The van der Waals surface area contributed by atoms with Crippen LogP contribution in [0.5, 0.6) is 5.75 Å². The number of carbonyl (C=O) groups is 1. The lowest BCUT2D eigenvalue weighted by atomic mass is 9.71. The molecular formula is C35H51N3O2. The first-order valence-corrected chi connectivity index (χ1v) is 16.0. The molecule has 1 amide bonds. The molecular weight excluding hydrogens is 494 g/mol. The molecule has 0 radical (unpaired) electrons. The minimum atomic E-state index is 0.0186. The summed E-state index contributed by atoms with van der Waals surface area (Å²) >= 11 is 0. The van der Waals surface area contributed by atoms with E-state index >= 15 is 0 Å². The third-order valence-electron chi connectivity index (χ3n) is 9.62. The Hall–Kier alpha value is -2.37. The van der Waals surface area contributed by atoms with E-state index in [1.807, 2.05) is 32.0 Å². The molecule has 1 saturated carbocycles. The third kappa shape index (κ3) is 7.47. The van der Waals surface area contributed by atoms with E-state index in [1.54, 1.807) is 0 Å². The minimum absolute atomic E-state index is 0.0186. The van der Waals surface area contributed by atoms with Crippen molar-refractivity contribution >= 4 is 5.91 Å². The summed E-state index contributed by atoms with van der Waals surface area (Å²) in [6.45, 7) is 13.8. The summed E-state index contributed by atoms with van der Waals surface area (Å²) in [7, 11) is 0. The molecule has 2 heterocycles. The first-order valence-electron chi connectivity index (χ1n) is 16.0. The lowest BCUT2D eigenvalue weighted by molar-refractivity contribution is -0.132. The molecule has 5 nitrogen and oxygen atoms in total. The first-order chi connectivity index (χ1) is 19.4. The van der Waals surface area contributed by atoms with Gasteiger partial charge in [-0.05, 0) is 82.7 Å². The van der Waals surface area contributed by atoms with Gasteiger partial charge in [0.1, 0.15) is 5.75 Å². The van der Waals surface area contributed by atoms with E-state index in [2.05, 4.69) is 52.0 Å². The van der Waals surface area contributed by atoms with E-state index in [9.17, 15) is 4.79 Å². The Labute approximate surface area is 242 Å². The fourth-order valence-corrected chi connectivity index (χ4v) is 7.29. The Morgan fingerprint density at radius 1 is 0.950 bits per heavy atom. The van der Waals surface area contributed by atoms with Crippen LogP contribution in [0, 0.1) is 6.92 Å². The molecule has 0 aromatic heterocycles. The van der Waals surface area contributed by atoms with Crippen molar-refractivity contribution < 1.29 is 9.53 Å². The molecule has 3 fully saturated rings. The molecule has 0 spiro atoms. The second-order valence-corrected chi connectivity index (χ2v) is 13.0. The molecule has 2 aliphatic heterocycles. The Bertz CT molecular complexity index is 1090. The van der Waals surface area contributed by atoms with E-state index in [0.29, 0.717) is 6.42 Å². The van der Waals surface area contributed by atoms with Crippen LogP contribution in [-0.2, 0) is 16.6 Å². The number of piperidine rings is 1. The number of aryl methyl sites for hydroxylation is 1. The predicted octanol–water partition coefficient (Wildman–Crippen LogP) is 6.23. The van der Waals surface area contributed by atoms with Gasteiger partial charge in [0, 0.05) is 50.7 Å². The Balaban J connectivity index is 1.24. The topological polar surface area (TPSA) is 36.0 Å². The first kappa shape index (κ1) is 29.1. The lowest BCUT2D eigenvalue weighted by Crippen LogP contribution is -2.53. The van der Waals surface area contributed by atoms with Crippen LogP contribution in [0.15, 0.2) is 48.5 Å². The second kappa shape index (κ2) is 13.5. The molecule has 2 aromatic rings. The quantitative estimate of drug-likeness (QED) is 0.375. The van der Waals surface area contributed by atoms with Crippen LogP contribution >= 0.6 is 0 Å². The maximum atomic E-state index is 13.6. The van der Waals surface area contributed by atoms with Crippen LogP contribution in [-0.4, -0.2) is 78.6 Å². The van der Waals surface area contributed by atoms with Crippen molar-refractivity contribution in [2.24, 2.45) is 0 Å². The van der Waals surface area contributed by atoms with Gasteiger partial charge in [-0.25, -0.2) is 0 Å². The fraction of sp³-hybridized carbons (Fsp3) is 0.629. The van der Waals surface area contributed by atoms with Crippen molar-refractivity contribution in [2.45, 2.75) is 96.1 Å². The third-order valence-corrected chi connectivity index (χ3v) is 9.62. The monoisotopic (exact) mass is 545 g/mol. The van der Waals surface area contributed by atoms with Crippen molar-refractivity contribution in [3.8, 4) is 5.75 Å². The summed E-state index contributed by atoms with van der Waals surface area (Å²) in [5.74, 6) is 1.08. The van der Waals surface area contributed by atoms with Gasteiger partial charge < -0.3 is 14.5 Å². The maximum Gasteiger partial charge on any atom is 0.227 e. The average molecular weight is 546 g/mol. The number of carbonyl (C=O) groups excluding carboxylic acids is 1. The van der Waals surface area contributed by atoms with Crippen molar-refractivity contribution in [1.29, 1.82) is 0 Å². The average Bonchev–Trinajstić information content (AvgIpc) is 2.97. The molecule has 0 N–H and O–H groups in total. The zero-order valence-corrected chi connectivity index (χ0v) is 25.2. The summed E-state index contributed by atoms with van der Waals surface area (Å²) in [5.41, 5.74) is 3.75. The highest BCUT2D eigenvalue weighted by molar-refractivity contribution is 5.79. The van der Waals surface area contributed by atoms with Crippen LogP contribution in [0.25, 0.3) is 0 Å². The number of amides is 1. The van der Waals surface area contributed by atoms with Crippen molar-refractivity contribution in [3.05, 3.63) is 65.2 Å². The summed E-state index contributed by atoms with van der Waals surface area (Å²) in [6, 6.07) is 18.0. The molecule has 218 valence electrons. The van der Waals surface area contributed by atoms with E-state index < -0.39 is 0 Å². The zero-order chi connectivity index (χ0) is 28.0. The van der Waals surface area contributed by atoms with Gasteiger partial charge in [-0.15, -0.1) is 0 Å². The normalized spacial score (nSPS) is 23.4. The van der Waals surface area contributed by atoms with E-state index in [4.69, 9.17) is 4.74 Å². The van der Waals surface area contributed by atoms with Gasteiger partial charge in [0.25, 0.3) is 0 Å². The Kier molecular flexibility index (Phi) is 9.85. The van der Waals surface area contributed by atoms with Crippen LogP contribution in [0.2, 0.25) is 0 Å². The summed E-state index contributed by atoms with van der Waals surface area (Å²) in [6.07, 6.45) is 10.9. The van der Waals surface area contributed by atoms with E-state index in [-0.39, 0.29) is 17.4 Å². The smallest absolute Gasteiger partial charge is 0.227 e. The summed E-state index contributed by atoms with van der Waals surface area (Å²) < 4.78 is 5.88. The fourth-order valence-electron chi connectivity index (χ4n) is 7.29. The standard InChI is InChI=1S/C35H51N3O2/c1-28(2)40-33-12-7-9-30(25-33)26-34(39)38-19-8-17-35(27-38,31-15-13-29(3)14-16-31)18-20-36-21-23-37(24-22-36)32-10-5-4-6-11-32/h7,9,12-16,25,28,32H,4-6,8,10-11,17-24,26-27H2,1-3H3. The molecule has 2 aromatic carbocycles. The number of likely N-dealkylation sites (tertiary alicyclic amines) is 1. The number of benzene rings is 2. The molecule has 0 bridgehead atoms. The summed E-state index contributed by atoms with van der Waals surface area (Å²) in [5, 5.41) is 0. The van der Waals surface area contributed by atoms with Crippen LogP contribution < -0.4 is 4.74 Å². The molecule has 1 aliphatic carbocycles. The van der Waals surface area contributed by atoms with Crippen LogP contribution in [0.1, 0.15) is 81.9 Å². The minimum Gasteiger partial charge on any atom is -0.491 e. The number of rotatable bonds is 9. The summed E-state index contributed by atoms with van der Waals surface area (Å²) in [4.78, 5) is 21.3. The SMILES string of the molecule is Cc1ccc(C2(CCN3CCN(C4CCCCC4)CC3)CCCN(C(=O)Cc3cccc(OC(C)C)c3)C2)cc1. The molecule has 5 heteroatoms. The number of piperazine rings is 1. The number of hydrogen-bond acceptors (Lipinski definition) is 4. The van der Waals surface area contributed by atoms with Gasteiger partial charge in [-0.1, -0.05) is 61.2 Å². The molecule has 1 atom stereocenters. The predicted molar refractivity (Wildman–Crippen MR) is 164 cm³/mol. The van der Waals surface area contributed by atoms with Gasteiger partial charge in [0.05, 0.1) is 12.5 Å². The Morgan fingerprint density at radius 3 is 2.42 bits per heavy atom. The van der Waals surface area contributed by atoms with Crippen LogP contribution in [0.4, 0.5) is 0 Å². The zero-order valence-electron chi connectivity index (χ0n) is 25.2. The number of ether oxygens (including phenoxy) is 1. The van der Waals surface area contributed by atoms with Gasteiger partial charge in [0.2, 0.25) is 5.91 Å². The van der Waals surface area contributed by atoms with Gasteiger partial charge in [0.15, 0.2) is 0 Å². The second-order valence-electron chi connectivity index (χ2n) is 13.0.